The van der Waals surface area contributed by atoms with Gasteiger partial charge in [-0.15, -0.1) is 34.5 Å². The number of thiophene rings is 1. The van der Waals surface area contributed by atoms with Crippen molar-refractivity contribution in [1.82, 2.24) is 0 Å². The van der Waals surface area contributed by atoms with Gasteiger partial charge in [0.05, 0.1) is 0 Å². The van der Waals surface area contributed by atoms with Crippen LogP contribution in [0.3, 0.4) is 0 Å². The van der Waals surface area contributed by atoms with Gasteiger partial charge in [0.2, 0.25) is 0 Å². The zero-order valence-electron chi connectivity index (χ0n) is 11.3. The van der Waals surface area contributed by atoms with Gasteiger partial charge >= 0.3 is 0 Å². The number of aryl methyl sites for hydroxylation is 1. The second-order valence-electron chi connectivity index (χ2n) is 4.93. The van der Waals surface area contributed by atoms with Crippen LogP contribution in [0.15, 0.2) is 36.4 Å². The van der Waals surface area contributed by atoms with E-state index >= 15 is 0 Å². The predicted molar refractivity (Wildman–Crippen MR) is 86.9 cm³/mol. The maximum Gasteiger partial charge on any atom is 0.127 e. The fourth-order valence-corrected chi connectivity index (χ4v) is 4.17. The Labute approximate surface area is 133 Å². The first-order valence-electron chi connectivity index (χ1n) is 6.59. The van der Waals surface area contributed by atoms with Crippen molar-refractivity contribution >= 4 is 34.5 Å². The van der Waals surface area contributed by atoms with Crippen molar-refractivity contribution in [3.8, 4) is 0 Å². The monoisotopic (exact) mass is 330 g/mol. The lowest BCUT2D eigenvalue weighted by atomic mass is 9.80. The summed E-state index contributed by atoms with van der Waals surface area (Å²) in [4.78, 5) is 2.53. The number of hydrogen-bond acceptors (Lipinski definition) is 1. The topological polar surface area (TPSA) is 0 Å². The van der Waals surface area contributed by atoms with Crippen LogP contribution in [0.4, 0.5) is 4.39 Å². The van der Waals surface area contributed by atoms with E-state index in [1.807, 2.05) is 6.07 Å². The molecule has 1 heterocycles. The highest BCUT2D eigenvalue weighted by Crippen LogP contribution is 2.35. The zero-order chi connectivity index (χ0) is 14.6. The molecular formula is C16H17Cl2FS. The van der Waals surface area contributed by atoms with E-state index < -0.39 is 5.41 Å². The zero-order valence-corrected chi connectivity index (χ0v) is 13.7. The number of halogens is 3. The molecule has 0 unspecified atom stereocenters. The molecule has 0 nitrogen and oxygen atoms in total. The van der Waals surface area contributed by atoms with Crippen molar-refractivity contribution in [2.75, 3.05) is 11.8 Å². The average molecular weight is 331 g/mol. The van der Waals surface area contributed by atoms with E-state index in [4.69, 9.17) is 23.2 Å². The molecular weight excluding hydrogens is 314 g/mol. The Hall–Kier alpha value is -0.570. The largest absolute Gasteiger partial charge is 0.207 e. The molecule has 0 aliphatic heterocycles. The van der Waals surface area contributed by atoms with Crippen molar-refractivity contribution in [2.45, 2.75) is 25.2 Å². The average Bonchev–Trinajstić information content (AvgIpc) is 2.93. The van der Waals surface area contributed by atoms with E-state index in [1.165, 1.54) is 15.8 Å². The van der Waals surface area contributed by atoms with Crippen LogP contribution in [0.25, 0.3) is 0 Å². The lowest BCUT2D eigenvalue weighted by Crippen LogP contribution is -2.34. The molecule has 20 heavy (non-hydrogen) atoms. The van der Waals surface area contributed by atoms with Gasteiger partial charge in [-0.1, -0.05) is 25.1 Å². The minimum atomic E-state index is -0.551. The van der Waals surface area contributed by atoms with Crippen LogP contribution < -0.4 is 0 Å². The first-order valence-corrected chi connectivity index (χ1v) is 8.48. The maximum atomic E-state index is 14.1. The van der Waals surface area contributed by atoms with E-state index in [9.17, 15) is 4.39 Å². The highest BCUT2D eigenvalue weighted by atomic mass is 35.5. The summed E-state index contributed by atoms with van der Waals surface area (Å²) in [6.45, 7) is 2.13. The summed E-state index contributed by atoms with van der Waals surface area (Å²) in [5, 5.41) is 0. The minimum absolute atomic E-state index is 0.235. The molecule has 0 saturated heterocycles. The molecule has 0 fully saturated rings. The molecule has 0 bridgehead atoms. The Morgan fingerprint density at radius 2 is 1.70 bits per heavy atom. The molecule has 0 amide bonds. The van der Waals surface area contributed by atoms with Crippen LogP contribution >= 0.6 is 34.5 Å². The fourth-order valence-electron chi connectivity index (χ4n) is 2.30. The Bertz CT molecular complexity index is 561. The first-order chi connectivity index (χ1) is 9.65. The second kappa shape index (κ2) is 6.93. The molecule has 2 aromatic rings. The van der Waals surface area contributed by atoms with E-state index in [-0.39, 0.29) is 5.82 Å². The van der Waals surface area contributed by atoms with Crippen LogP contribution in [-0.4, -0.2) is 11.8 Å². The third-order valence-corrected chi connectivity index (χ3v) is 5.79. The van der Waals surface area contributed by atoms with E-state index in [1.54, 1.807) is 23.5 Å². The quantitative estimate of drug-likeness (QED) is 0.621. The standard InChI is InChI=1S/C16H17Cl2FS/c1-2-12-7-8-13(20-12)9-16(10-17,11-18)14-5-3-4-6-15(14)19/h3-8H,2,9-11H2,1H3. The van der Waals surface area contributed by atoms with Crippen molar-refractivity contribution < 1.29 is 4.39 Å². The molecule has 0 aliphatic carbocycles. The van der Waals surface area contributed by atoms with E-state index in [0.29, 0.717) is 23.7 Å². The van der Waals surface area contributed by atoms with Gasteiger partial charge in [-0.3, -0.25) is 0 Å². The molecule has 0 N–H and O–H groups in total. The fraction of sp³-hybridized carbons (Fsp3) is 0.375. The maximum absolute atomic E-state index is 14.1. The van der Waals surface area contributed by atoms with Crippen LogP contribution in [0, 0.1) is 5.82 Å². The van der Waals surface area contributed by atoms with Crippen molar-refractivity contribution in [3.63, 3.8) is 0 Å². The second-order valence-corrected chi connectivity index (χ2v) is 6.71. The molecule has 0 spiro atoms. The van der Waals surface area contributed by atoms with Crippen molar-refractivity contribution in [2.24, 2.45) is 0 Å². The van der Waals surface area contributed by atoms with Gasteiger partial charge in [-0.25, -0.2) is 4.39 Å². The Morgan fingerprint density at radius 1 is 1.05 bits per heavy atom. The molecule has 1 aromatic heterocycles. The number of benzene rings is 1. The molecule has 2 rings (SSSR count). The number of rotatable bonds is 6. The van der Waals surface area contributed by atoms with Crippen LogP contribution in [0.5, 0.6) is 0 Å². The van der Waals surface area contributed by atoms with Gasteiger partial charge in [0.15, 0.2) is 0 Å². The highest BCUT2D eigenvalue weighted by Gasteiger charge is 2.33. The lowest BCUT2D eigenvalue weighted by Gasteiger charge is -2.30. The molecule has 0 aliphatic rings. The van der Waals surface area contributed by atoms with Crippen LogP contribution in [0.1, 0.15) is 22.2 Å². The predicted octanol–water partition coefficient (Wildman–Crippen LogP) is 5.41. The lowest BCUT2D eigenvalue weighted by molar-refractivity contribution is 0.494. The van der Waals surface area contributed by atoms with Gasteiger partial charge in [0.25, 0.3) is 0 Å². The normalized spacial score (nSPS) is 11.8. The Kier molecular flexibility index (Phi) is 5.48. The van der Waals surface area contributed by atoms with Crippen LogP contribution in [0.2, 0.25) is 0 Å². The third-order valence-electron chi connectivity index (χ3n) is 3.54. The van der Waals surface area contributed by atoms with E-state index in [2.05, 4.69) is 19.1 Å². The molecule has 0 saturated carbocycles. The summed E-state index contributed by atoms with van der Waals surface area (Å²) in [6.07, 6.45) is 1.69. The number of hydrogen-bond donors (Lipinski definition) is 0. The first kappa shape index (κ1) is 15.8. The Balaban J connectivity index is 2.37. The summed E-state index contributed by atoms with van der Waals surface area (Å²) in [7, 11) is 0. The smallest absolute Gasteiger partial charge is 0.127 e. The van der Waals surface area contributed by atoms with Gasteiger partial charge in [0.1, 0.15) is 5.82 Å². The van der Waals surface area contributed by atoms with Crippen LogP contribution in [-0.2, 0) is 18.3 Å². The van der Waals surface area contributed by atoms with Gasteiger partial charge in [-0.05, 0) is 36.6 Å². The third kappa shape index (κ3) is 3.19. The number of alkyl halides is 2. The Morgan fingerprint density at radius 3 is 2.25 bits per heavy atom. The van der Waals surface area contributed by atoms with Gasteiger partial charge in [-0.2, -0.15) is 0 Å². The van der Waals surface area contributed by atoms with Crippen molar-refractivity contribution in [3.05, 3.63) is 57.5 Å². The van der Waals surface area contributed by atoms with Crippen molar-refractivity contribution in [1.29, 1.82) is 0 Å². The SMILES string of the molecule is CCc1ccc(CC(CCl)(CCl)c2ccccc2F)s1. The summed E-state index contributed by atoms with van der Waals surface area (Å²) < 4.78 is 14.1. The molecule has 0 radical (unpaired) electrons. The summed E-state index contributed by atoms with van der Waals surface area (Å²) in [5.74, 6) is 0.370. The molecule has 0 atom stereocenters. The van der Waals surface area contributed by atoms with Gasteiger partial charge in [0, 0.05) is 26.9 Å². The highest BCUT2D eigenvalue weighted by molar-refractivity contribution is 7.12. The molecule has 1 aromatic carbocycles. The van der Waals surface area contributed by atoms with E-state index in [0.717, 1.165) is 6.42 Å². The minimum Gasteiger partial charge on any atom is -0.207 e. The molecule has 108 valence electrons. The van der Waals surface area contributed by atoms with Gasteiger partial charge < -0.3 is 0 Å². The molecule has 4 heteroatoms. The summed E-state index contributed by atoms with van der Waals surface area (Å²) in [5.41, 5.74) is 0.0566. The summed E-state index contributed by atoms with van der Waals surface area (Å²) >= 11 is 14.1. The summed E-state index contributed by atoms with van der Waals surface area (Å²) in [6, 6.07) is 11.0.